The Balaban J connectivity index is 2.78. The number of ketones is 1. The van der Waals surface area contributed by atoms with Crippen molar-refractivity contribution in [2.45, 2.75) is 27.2 Å². The SMILES string of the molecule is CC(C)(C)C(=O)[C@@H]([C]=O)Cc1ccccc1. The predicted molar refractivity (Wildman–Crippen MR) is 63.8 cm³/mol. The number of Topliss-reactive ketones (excluding diaryl/α,β-unsaturated/α-hetero) is 1. The molecule has 0 fully saturated rings. The molecule has 1 atom stereocenters. The lowest BCUT2D eigenvalue weighted by Gasteiger charge is -2.20. The number of rotatable bonds is 4. The van der Waals surface area contributed by atoms with Crippen LogP contribution >= 0.6 is 0 Å². The van der Waals surface area contributed by atoms with Gasteiger partial charge in [-0.2, -0.15) is 0 Å². The lowest BCUT2D eigenvalue weighted by atomic mass is 9.81. The van der Waals surface area contributed by atoms with Crippen molar-refractivity contribution in [1.82, 2.24) is 0 Å². The summed E-state index contributed by atoms with van der Waals surface area (Å²) in [5.41, 5.74) is 0.505. The van der Waals surface area contributed by atoms with Crippen LogP contribution < -0.4 is 0 Å². The van der Waals surface area contributed by atoms with Gasteiger partial charge in [0.15, 0.2) is 0 Å². The summed E-state index contributed by atoms with van der Waals surface area (Å²) in [5.74, 6) is -0.700. The van der Waals surface area contributed by atoms with Crippen molar-refractivity contribution in [1.29, 1.82) is 0 Å². The van der Waals surface area contributed by atoms with Gasteiger partial charge >= 0.3 is 0 Å². The van der Waals surface area contributed by atoms with Gasteiger partial charge in [0.05, 0.1) is 5.92 Å². The highest BCUT2D eigenvalue weighted by atomic mass is 16.1. The molecule has 0 bridgehead atoms. The van der Waals surface area contributed by atoms with Crippen molar-refractivity contribution in [2.24, 2.45) is 11.3 Å². The van der Waals surface area contributed by atoms with Gasteiger partial charge in [0.1, 0.15) is 5.78 Å². The normalized spacial score (nSPS) is 13.2. The molecule has 0 aliphatic heterocycles. The second kappa shape index (κ2) is 5.06. The Labute approximate surface area is 96.7 Å². The minimum atomic E-state index is -0.651. The molecule has 0 aromatic heterocycles. The molecule has 1 aromatic carbocycles. The Kier molecular flexibility index (Phi) is 3.99. The van der Waals surface area contributed by atoms with E-state index in [1.807, 2.05) is 57.4 Å². The van der Waals surface area contributed by atoms with E-state index in [1.54, 1.807) is 0 Å². The molecule has 0 amide bonds. The van der Waals surface area contributed by atoms with Gasteiger partial charge in [-0.1, -0.05) is 51.1 Å². The number of carbonyl (C=O) groups is 1. The summed E-state index contributed by atoms with van der Waals surface area (Å²) < 4.78 is 0. The van der Waals surface area contributed by atoms with Crippen molar-refractivity contribution in [3.05, 3.63) is 35.9 Å². The summed E-state index contributed by atoms with van der Waals surface area (Å²) in [6, 6.07) is 9.55. The Morgan fingerprint density at radius 1 is 1.25 bits per heavy atom. The van der Waals surface area contributed by atoms with Crippen LogP contribution in [-0.2, 0) is 16.0 Å². The van der Waals surface area contributed by atoms with E-state index in [-0.39, 0.29) is 5.78 Å². The molecule has 0 saturated carbocycles. The molecule has 1 rings (SSSR count). The van der Waals surface area contributed by atoms with Crippen LogP contribution in [0.4, 0.5) is 0 Å². The van der Waals surface area contributed by atoms with Crippen LogP contribution in [0.5, 0.6) is 0 Å². The molecule has 0 N–H and O–H groups in total. The Morgan fingerprint density at radius 3 is 2.25 bits per heavy atom. The van der Waals surface area contributed by atoms with Gasteiger partial charge in [0.25, 0.3) is 0 Å². The summed E-state index contributed by atoms with van der Waals surface area (Å²) in [7, 11) is 0. The fourth-order valence-electron chi connectivity index (χ4n) is 1.56. The minimum absolute atomic E-state index is 0.0497. The second-order valence-corrected chi connectivity index (χ2v) is 4.97. The van der Waals surface area contributed by atoms with Gasteiger partial charge in [0.2, 0.25) is 6.29 Å². The fraction of sp³-hybridized carbons (Fsp3) is 0.429. The lowest BCUT2D eigenvalue weighted by Crippen LogP contribution is -2.30. The minimum Gasteiger partial charge on any atom is -0.298 e. The fourth-order valence-corrected chi connectivity index (χ4v) is 1.56. The van der Waals surface area contributed by atoms with E-state index in [9.17, 15) is 9.59 Å². The van der Waals surface area contributed by atoms with E-state index < -0.39 is 11.3 Å². The summed E-state index contributed by atoms with van der Waals surface area (Å²) >= 11 is 0. The molecule has 85 valence electrons. The molecule has 0 aliphatic carbocycles. The third-order valence-electron chi connectivity index (χ3n) is 2.48. The second-order valence-electron chi connectivity index (χ2n) is 4.97. The third kappa shape index (κ3) is 3.30. The zero-order valence-corrected chi connectivity index (χ0v) is 9.99. The average Bonchev–Trinajstić information content (AvgIpc) is 2.25. The van der Waals surface area contributed by atoms with E-state index in [0.717, 1.165) is 5.56 Å². The maximum Gasteiger partial charge on any atom is 0.209 e. The zero-order valence-electron chi connectivity index (χ0n) is 9.99. The van der Waals surface area contributed by atoms with Crippen LogP contribution in [0.15, 0.2) is 30.3 Å². The molecule has 2 heteroatoms. The predicted octanol–water partition coefficient (Wildman–Crippen LogP) is 2.57. The van der Waals surface area contributed by atoms with Crippen molar-refractivity contribution in [3.63, 3.8) is 0 Å². The molecule has 0 heterocycles. The van der Waals surface area contributed by atoms with Crippen LogP contribution in [0.1, 0.15) is 26.3 Å². The van der Waals surface area contributed by atoms with Gasteiger partial charge in [-0.25, -0.2) is 0 Å². The van der Waals surface area contributed by atoms with Gasteiger partial charge < -0.3 is 0 Å². The summed E-state index contributed by atoms with van der Waals surface area (Å²) in [5, 5.41) is 0. The number of hydrogen-bond acceptors (Lipinski definition) is 2. The molecule has 1 radical (unpaired) electrons. The highest BCUT2D eigenvalue weighted by Gasteiger charge is 2.29. The molecule has 1 aromatic rings. The maximum atomic E-state index is 11.9. The average molecular weight is 217 g/mol. The van der Waals surface area contributed by atoms with Crippen LogP contribution in [0.25, 0.3) is 0 Å². The van der Waals surface area contributed by atoms with E-state index >= 15 is 0 Å². The first-order valence-corrected chi connectivity index (χ1v) is 5.41. The molecular weight excluding hydrogens is 200 g/mol. The zero-order chi connectivity index (χ0) is 12.2. The Bertz CT molecular complexity index is 360. The van der Waals surface area contributed by atoms with E-state index in [4.69, 9.17) is 0 Å². The number of benzene rings is 1. The first-order chi connectivity index (χ1) is 7.45. The molecular formula is C14H17O2. The van der Waals surface area contributed by atoms with Crippen molar-refractivity contribution < 1.29 is 9.59 Å². The van der Waals surface area contributed by atoms with Gasteiger partial charge in [0, 0.05) is 5.41 Å². The lowest BCUT2D eigenvalue weighted by molar-refractivity contribution is -0.128. The van der Waals surface area contributed by atoms with Crippen LogP contribution in [0, 0.1) is 11.3 Å². The summed E-state index contributed by atoms with van der Waals surface area (Å²) in [4.78, 5) is 22.8. The van der Waals surface area contributed by atoms with Crippen LogP contribution in [-0.4, -0.2) is 12.1 Å². The van der Waals surface area contributed by atoms with Crippen molar-refractivity contribution in [2.75, 3.05) is 0 Å². The molecule has 0 spiro atoms. The van der Waals surface area contributed by atoms with Gasteiger partial charge in [-0.15, -0.1) is 0 Å². The van der Waals surface area contributed by atoms with E-state index in [0.29, 0.717) is 6.42 Å². The third-order valence-corrected chi connectivity index (χ3v) is 2.48. The van der Waals surface area contributed by atoms with Gasteiger partial charge in [-0.3, -0.25) is 9.59 Å². The largest absolute Gasteiger partial charge is 0.298 e. The first-order valence-electron chi connectivity index (χ1n) is 5.41. The monoisotopic (exact) mass is 217 g/mol. The summed E-state index contributed by atoms with van der Waals surface area (Å²) in [6.07, 6.45) is 2.30. The van der Waals surface area contributed by atoms with Crippen LogP contribution in [0.2, 0.25) is 0 Å². The van der Waals surface area contributed by atoms with E-state index in [1.165, 1.54) is 0 Å². The maximum absolute atomic E-state index is 11.9. The first kappa shape index (κ1) is 12.6. The Hall–Kier alpha value is -1.44. The standard InChI is InChI=1S/C14H17O2/c1-14(2,3)13(16)12(10-15)9-11-7-5-4-6-8-11/h4-8,12H,9H2,1-3H3/t12-/m1/s1. The van der Waals surface area contributed by atoms with Crippen LogP contribution in [0.3, 0.4) is 0 Å². The number of carbonyl (C=O) groups excluding carboxylic acids is 2. The Morgan fingerprint density at radius 2 is 1.81 bits per heavy atom. The van der Waals surface area contributed by atoms with Crippen molar-refractivity contribution in [3.8, 4) is 0 Å². The highest BCUT2D eigenvalue weighted by Crippen LogP contribution is 2.21. The molecule has 0 saturated heterocycles. The van der Waals surface area contributed by atoms with E-state index in [2.05, 4.69) is 0 Å². The molecule has 0 aliphatic rings. The summed E-state index contributed by atoms with van der Waals surface area (Å²) in [6.45, 7) is 5.47. The van der Waals surface area contributed by atoms with Crippen molar-refractivity contribution >= 4 is 12.1 Å². The quantitative estimate of drug-likeness (QED) is 0.726. The number of hydrogen-bond donors (Lipinski definition) is 0. The molecule has 0 unspecified atom stereocenters. The topological polar surface area (TPSA) is 34.1 Å². The molecule has 16 heavy (non-hydrogen) atoms. The highest BCUT2D eigenvalue weighted by molar-refractivity contribution is 5.96. The smallest absolute Gasteiger partial charge is 0.209 e. The van der Waals surface area contributed by atoms with Gasteiger partial charge in [-0.05, 0) is 12.0 Å². The molecule has 2 nitrogen and oxygen atoms in total.